The molecule has 86 valence electrons. The van der Waals surface area contributed by atoms with Crippen LogP contribution in [0.1, 0.15) is 17.5 Å². The molecule has 1 rings (SSSR count). The van der Waals surface area contributed by atoms with Crippen LogP contribution in [-0.4, -0.2) is 16.5 Å². The highest BCUT2D eigenvalue weighted by molar-refractivity contribution is 7.85. The van der Waals surface area contributed by atoms with Crippen LogP contribution in [0, 0.1) is 13.8 Å². The second-order valence-electron chi connectivity index (χ2n) is 3.63. The van der Waals surface area contributed by atoms with Gasteiger partial charge in [-0.2, -0.15) is 0 Å². The van der Waals surface area contributed by atoms with Crippen LogP contribution in [0.5, 0.6) is 0 Å². The standard InChI is InChI=1S/C11H15N3OS/c1-9-4-5-11(10(2)8-9)16(15)7-3-6-13-14-12/h4-5,8H,3,6-7H2,1-2H3. The fourth-order valence-electron chi connectivity index (χ4n) is 1.48. The van der Waals surface area contributed by atoms with Gasteiger partial charge in [-0.15, -0.1) is 0 Å². The zero-order valence-corrected chi connectivity index (χ0v) is 10.3. The van der Waals surface area contributed by atoms with Crippen molar-refractivity contribution in [3.63, 3.8) is 0 Å². The molecule has 0 heterocycles. The molecule has 0 N–H and O–H groups in total. The van der Waals surface area contributed by atoms with E-state index in [-0.39, 0.29) is 0 Å². The van der Waals surface area contributed by atoms with E-state index in [1.807, 2.05) is 32.0 Å². The minimum Gasteiger partial charge on any atom is -0.254 e. The van der Waals surface area contributed by atoms with E-state index in [9.17, 15) is 4.21 Å². The van der Waals surface area contributed by atoms with Crippen LogP contribution in [0.4, 0.5) is 0 Å². The van der Waals surface area contributed by atoms with Gasteiger partial charge in [-0.1, -0.05) is 22.8 Å². The molecule has 0 fully saturated rings. The molecule has 1 atom stereocenters. The van der Waals surface area contributed by atoms with Crippen LogP contribution in [0.25, 0.3) is 10.4 Å². The third-order valence-electron chi connectivity index (χ3n) is 2.23. The van der Waals surface area contributed by atoms with Crippen molar-refractivity contribution in [3.05, 3.63) is 39.8 Å². The van der Waals surface area contributed by atoms with Gasteiger partial charge in [0.2, 0.25) is 0 Å². The lowest BCUT2D eigenvalue weighted by molar-refractivity contribution is 0.680. The molecule has 1 aromatic rings. The van der Waals surface area contributed by atoms with E-state index in [1.165, 1.54) is 5.56 Å². The molecule has 5 heteroatoms. The summed E-state index contributed by atoms with van der Waals surface area (Å²) >= 11 is 0. The van der Waals surface area contributed by atoms with Crippen molar-refractivity contribution < 1.29 is 4.21 Å². The van der Waals surface area contributed by atoms with E-state index in [0.717, 1.165) is 10.5 Å². The van der Waals surface area contributed by atoms with Crippen molar-refractivity contribution in [2.75, 3.05) is 12.3 Å². The molecule has 1 aromatic carbocycles. The second-order valence-corrected chi connectivity index (χ2v) is 5.17. The summed E-state index contributed by atoms with van der Waals surface area (Å²) in [5.74, 6) is 0.545. The monoisotopic (exact) mass is 237 g/mol. The van der Waals surface area contributed by atoms with E-state index in [2.05, 4.69) is 10.0 Å². The van der Waals surface area contributed by atoms with Crippen LogP contribution in [-0.2, 0) is 10.8 Å². The van der Waals surface area contributed by atoms with Crippen LogP contribution in [0.15, 0.2) is 28.2 Å². The van der Waals surface area contributed by atoms with Gasteiger partial charge in [0.15, 0.2) is 0 Å². The minimum absolute atomic E-state index is 0.410. The first kappa shape index (κ1) is 12.7. The van der Waals surface area contributed by atoms with Gasteiger partial charge in [0.25, 0.3) is 0 Å². The molecule has 0 saturated heterocycles. The van der Waals surface area contributed by atoms with E-state index < -0.39 is 10.8 Å². The van der Waals surface area contributed by atoms with Crippen molar-refractivity contribution in [2.24, 2.45) is 5.11 Å². The number of nitrogens with zero attached hydrogens (tertiary/aromatic N) is 3. The molecule has 0 aliphatic heterocycles. The predicted molar refractivity (Wildman–Crippen MR) is 65.8 cm³/mol. The van der Waals surface area contributed by atoms with Crippen LogP contribution in [0.3, 0.4) is 0 Å². The van der Waals surface area contributed by atoms with Crippen LogP contribution in [0.2, 0.25) is 0 Å². The summed E-state index contributed by atoms with van der Waals surface area (Å²) < 4.78 is 11.9. The maximum absolute atomic E-state index is 11.9. The summed E-state index contributed by atoms with van der Waals surface area (Å²) in [5, 5.41) is 3.42. The van der Waals surface area contributed by atoms with Crippen LogP contribution >= 0.6 is 0 Å². The Labute approximate surface area is 97.8 Å². The topological polar surface area (TPSA) is 65.8 Å². The Morgan fingerprint density at radius 3 is 2.81 bits per heavy atom. The molecular formula is C11H15N3OS. The van der Waals surface area contributed by atoms with Crippen molar-refractivity contribution in [1.82, 2.24) is 0 Å². The third kappa shape index (κ3) is 3.68. The lowest BCUT2D eigenvalue weighted by Crippen LogP contribution is -2.01. The molecule has 0 saturated carbocycles. The van der Waals surface area contributed by atoms with Gasteiger partial charge in [-0.25, -0.2) is 0 Å². The fourth-order valence-corrected chi connectivity index (χ4v) is 2.72. The lowest BCUT2D eigenvalue weighted by atomic mass is 10.2. The molecule has 1 unspecified atom stereocenters. The van der Waals surface area contributed by atoms with E-state index >= 15 is 0 Å². The minimum atomic E-state index is -0.990. The van der Waals surface area contributed by atoms with Gasteiger partial charge < -0.3 is 0 Å². The second kappa shape index (κ2) is 6.30. The molecule has 0 aliphatic rings. The van der Waals surface area contributed by atoms with Crippen molar-refractivity contribution in [1.29, 1.82) is 0 Å². The maximum Gasteiger partial charge on any atom is 0.0532 e. The molecule has 0 aliphatic carbocycles. The fraction of sp³-hybridized carbons (Fsp3) is 0.455. The van der Waals surface area contributed by atoms with E-state index in [4.69, 9.17) is 5.53 Å². The smallest absolute Gasteiger partial charge is 0.0532 e. The molecular weight excluding hydrogens is 222 g/mol. The lowest BCUT2D eigenvalue weighted by Gasteiger charge is -2.06. The highest BCUT2D eigenvalue weighted by Gasteiger charge is 2.06. The first-order valence-electron chi connectivity index (χ1n) is 5.11. The van der Waals surface area contributed by atoms with Crippen molar-refractivity contribution in [2.45, 2.75) is 25.2 Å². The molecule has 4 nitrogen and oxygen atoms in total. The number of hydrogen-bond donors (Lipinski definition) is 0. The zero-order valence-electron chi connectivity index (χ0n) is 9.51. The average molecular weight is 237 g/mol. The summed E-state index contributed by atoms with van der Waals surface area (Å²) in [5.41, 5.74) is 10.3. The van der Waals surface area contributed by atoms with Gasteiger partial charge in [0, 0.05) is 22.1 Å². The number of rotatable bonds is 5. The Morgan fingerprint density at radius 1 is 1.44 bits per heavy atom. The molecule has 0 aromatic heterocycles. The number of aryl methyl sites for hydroxylation is 2. The maximum atomic E-state index is 11.9. The molecule has 0 amide bonds. The third-order valence-corrected chi connectivity index (χ3v) is 3.83. The average Bonchev–Trinajstić information content (AvgIpc) is 2.24. The molecule has 0 radical (unpaired) electrons. The van der Waals surface area contributed by atoms with Gasteiger partial charge in [0.1, 0.15) is 0 Å². The van der Waals surface area contributed by atoms with E-state index in [0.29, 0.717) is 18.7 Å². The quantitative estimate of drug-likeness (QED) is 0.336. The predicted octanol–water partition coefficient (Wildman–Crippen LogP) is 3.11. The first-order chi connectivity index (χ1) is 7.65. The summed E-state index contributed by atoms with van der Waals surface area (Å²) in [6.45, 7) is 4.39. The highest BCUT2D eigenvalue weighted by Crippen LogP contribution is 2.15. The number of hydrogen-bond acceptors (Lipinski definition) is 2. The summed E-state index contributed by atoms with van der Waals surface area (Å²) in [7, 11) is -0.990. The number of benzene rings is 1. The zero-order chi connectivity index (χ0) is 12.0. The van der Waals surface area contributed by atoms with Crippen LogP contribution < -0.4 is 0 Å². The highest BCUT2D eigenvalue weighted by atomic mass is 32.2. The Hall–Kier alpha value is -1.32. The van der Waals surface area contributed by atoms with Gasteiger partial charge in [-0.05, 0) is 37.4 Å². The Morgan fingerprint density at radius 2 is 2.19 bits per heavy atom. The molecule has 16 heavy (non-hydrogen) atoms. The summed E-state index contributed by atoms with van der Waals surface area (Å²) in [4.78, 5) is 3.54. The molecule has 0 spiro atoms. The van der Waals surface area contributed by atoms with Gasteiger partial charge in [0.05, 0.1) is 10.8 Å². The first-order valence-corrected chi connectivity index (χ1v) is 6.43. The Balaban J connectivity index is 2.62. The molecule has 0 bridgehead atoms. The Bertz CT molecular complexity index is 439. The van der Waals surface area contributed by atoms with Crippen molar-refractivity contribution >= 4 is 10.8 Å². The van der Waals surface area contributed by atoms with Gasteiger partial charge in [-0.3, -0.25) is 4.21 Å². The summed E-state index contributed by atoms with van der Waals surface area (Å²) in [6.07, 6.45) is 0.657. The van der Waals surface area contributed by atoms with Gasteiger partial charge >= 0.3 is 0 Å². The van der Waals surface area contributed by atoms with Crippen molar-refractivity contribution in [3.8, 4) is 0 Å². The van der Waals surface area contributed by atoms with E-state index in [1.54, 1.807) is 0 Å². The Kier molecular flexibility index (Phi) is 5.02. The number of azide groups is 1. The summed E-state index contributed by atoms with van der Waals surface area (Å²) in [6, 6.07) is 5.91. The largest absolute Gasteiger partial charge is 0.254 e. The normalized spacial score (nSPS) is 11.9. The SMILES string of the molecule is Cc1ccc(S(=O)CCCN=[N+]=[N-])c(C)c1.